The highest BCUT2D eigenvalue weighted by Gasteiger charge is 2.48. The number of piperidine rings is 1. The van der Waals surface area contributed by atoms with E-state index < -0.39 is 0 Å². The summed E-state index contributed by atoms with van der Waals surface area (Å²) in [5.41, 5.74) is 2.08. The lowest BCUT2D eigenvalue weighted by Gasteiger charge is -2.39. The van der Waals surface area contributed by atoms with Gasteiger partial charge in [-0.1, -0.05) is 12.1 Å². The van der Waals surface area contributed by atoms with E-state index in [1.165, 1.54) is 5.56 Å². The van der Waals surface area contributed by atoms with Crippen LogP contribution in [0, 0.1) is 5.41 Å². The minimum atomic E-state index is -0.228. The molecule has 1 spiro atoms. The van der Waals surface area contributed by atoms with Crippen molar-refractivity contribution < 1.29 is 14.3 Å². The maximum absolute atomic E-state index is 13.4. The molecule has 1 atom stereocenters. The van der Waals surface area contributed by atoms with Crippen LogP contribution >= 0.6 is 0 Å². The van der Waals surface area contributed by atoms with Crippen molar-refractivity contribution in [2.24, 2.45) is 5.41 Å². The Hall–Kier alpha value is -2.60. The zero-order valence-electron chi connectivity index (χ0n) is 16.7. The highest BCUT2D eigenvalue weighted by atomic mass is 16.6. The lowest BCUT2D eigenvalue weighted by atomic mass is 9.78. The fourth-order valence-corrected chi connectivity index (χ4v) is 4.93. The SMILES string of the molecule is O=C1N(Cc2cccnc2)CCCC12CCN(Cc1ccc3c(c1)OCCO3)C2. The number of hydrogen-bond donors (Lipinski definition) is 0. The van der Waals surface area contributed by atoms with Gasteiger partial charge < -0.3 is 14.4 Å². The summed E-state index contributed by atoms with van der Waals surface area (Å²) in [6.07, 6.45) is 6.64. The number of hydrogen-bond acceptors (Lipinski definition) is 5. The van der Waals surface area contributed by atoms with Gasteiger partial charge in [-0.15, -0.1) is 0 Å². The number of benzene rings is 1. The monoisotopic (exact) mass is 393 g/mol. The first kappa shape index (κ1) is 18.4. The van der Waals surface area contributed by atoms with Crippen molar-refractivity contribution in [3.63, 3.8) is 0 Å². The molecule has 6 heteroatoms. The number of carbonyl (C=O) groups excluding carboxylic acids is 1. The van der Waals surface area contributed by atoms with Crippen molar-refractivity contribution in [1.29, 1.82) is 0 Å². The molecule has 5 rings (SSSR count). The van der Waals surface area contributed by atoms with Crippen LogP contribution in [0.3, 0.4) is 0 Å². The van der Waals surface area contributed by atoms with Crippen LogP contribution in [-0.4, -0.2) is 53.5 Å². The highest BCUT2D eigenvalue weighted by Crippen LogP contribution is 2.41. The Morgan fingerprint density at radius 3 is 2.76 bits per heavy atom. The number of nitrogens with zero attached hydrogens (tertiary/aromatic N) is 3. The van der Waals surface area contributed by atoms with Crippen molar-refractivity contribution in [3.8, 4) is 11.5 Å². The molecule has 0 bridgehead atoms. The molecule has 1 aromatic heterocycles. The van der Waals surface area contributed by atoms with Gasteiger partial charge in [0.15, 0.2) is 11.5 Å². The van der Waals surface area contributed by atoms with E-state index in [1.807, 2.05) is 29.3 Å². The topological polar surface area (TPSA) is 54.9 Å². The van der Waals surface area contributed by atoms with Gasteiger partial charge in [-0.25, -0.2) is 0 Å². The van der Waals surface area contributed by atoms with E-state index in [0.29, 0.717) is 25.7 Å². The molecule has 2 fully saturated rings. The van der Waals surface area contributed by atoms with Gasteiger partial charge >= 0.3 is 0 Å². The largest absolute Gasteiger partial charge is 0.486 e. The summed E-state index contributed by atoms with van der Waals surface area (Å²) in [6.45, 7) is 5.36. The Morgan fingerprint density at radius 1 is 1.00 bits per heavy atom. The molecule has 6 nitrogen and oxygen atoms in total. The van der Waals surface area contributed by atoms with Crippen LogP contribution in [-0.2, 0) is 17.9 Å². The summed E-state index contributed by atoms with van der Waals surface area (Å²) in [6, 6.07) is 10.2. The maximum Gasteiger partial charge on any atom is 0.230 e. The molecule has 3 aliphatic rings. The number of pyridine rings is 1. The molecule has 3 aliphatic heterocycles. The highest BCUT2D eigenvalue weighted by molar-refractivity contribution is 5.84. The third-order valence-corrected chi connectivity index (χ3v) is 6.37. The average Bonchev–Trinajstić information content (AvgIpc) is 3.15. The van der Waals surface area contributed by atoms with E-state index in [-0.39, 0.29) is 5.41 Å². The summed E-state index contributed by atoms with van der Waals surface area (Å²) in [7, 11) is 0. The number of fused-ring (bicyclic) bond motifs is 1. The molecule has 0 N–H and O–H groups in total. The minimum Gasteiger partial charge on any atom is -0.486 e. The summed E-state index contributed by atoms with van der Waals surface area (Å²) in [4.78, 5) is 22.0. The molecule has 29 heavy (non-hydrogen) atoms. The van der Waals surface area contributed by atoms with E-state index in [9.17, 15) is 4.79 Å². The molecule has 0 radical (unpaired) electrons. The van der Waals surface area contributed by atoms with Gasteiger partial charge in [-0.3, -0.25) is 14.7 Å². The zero-order chi connectivity index (χ0) is 19.7. The van der Waals surface area contributed by atoms with E-state index in [1.54, 1.807) is 6.20 Å². The Balaban J connectivity index is 1.26. The summed E-state index contributed by atoms with van der Waals surface area (Å²) in [5, 5.41) is 0. The summed E-state index contributed by atoms with van der Waals surface area (Å²) in [5.74, 6) is 1.97. The lowest BCUT2D eigenvalue weighted by molar-refractivity contribution is -0.146. The quantitative estimate of drug-likeness (QED) is 0.800. The molecular formula is C23H27N3O3. The first-order chi connectivity index (χ1) is 14.2. The van der Waals surface area contributed by atoms with Crippen LogP contribution in [0.2, 0.25) is 0 Å². The summed E-state index contributed by atoms with van der Waals surface area (Å²) < 4.78 is 11.3. The Labute approximate surface area is 171 Å². The van der Waals surface area contributed by atoms with E-state index in [2.05, 4.69) is 22.0 Å². The molecular weight excluding hydrogens is 366 g/mol. The van der Waals surface area contributed by atoms with Crippen molar-refractivity contribution >= 4 is 5.91 Å². The molecule has 0 aliphatic carbocycles. The Morgan fingerprint density at radius 2 is 1.90 bits per heavy atom. The van der Waals surface area contributed by atoms with E-state index in [0.717, 1.165) is 62.5 Å². The molecule has 0 saturated carbocycles. The second-order valence-electron chi connectivity index (χ2n) is 8.41. The molecule has 1 amide bonds. The van der Waals surface area contributed by atoms with Crippen LogP contribution in [0.25, 0.3) is 0 Å². The standard InChI is InChI=1S/C23H27N3O3/c27-22-23(6-2-9-26(22)16-19-3-1-8-24-14-19)7-10-25(17-23)15-18-4-5-20-21(13-18)29-12-11-28-20/h1,3-5,8,13-14H,2,6-7,9-12,15-17H2. The van der Waals surface area contributed by atoms with Gasteiger partial charge in [0.1, 0.15) is 13.2 Å². The van der Waals surface area contributed by atoms with Crippen molar-refractivity contribution in [2.75, 3.05) is 32.8 Å². The van der Waals surface area contributed by atoms with Crippen LogP contribution < -0.4 is 9.47 Å². The van der Waals surface area contributed by atoms with Gasteiger partial charge in [0.25, 0.3) is 0 Å². The van der Waals surface area contributed by atoms with Crippen LogP contribution in [0.5, 0.6) is 11.5 Å². The van der Waals surface area contributed by atoms with Gasteiger partial charge in [-0.05, 0) is 55.1 Å². The molecule has 4 heterocycles. The van der Waals surface area contributed by atoms with Gasteiger partial charge in [-0.2, -0.15) is 0 Å². The number of ether oxygens (including phenoxy) is 2. The van der Waals surface area contributed by atoms with Gasteiger partial charge in [0.2, 0.25) is 5.91 Å². The normalized spacial score (nSPS) is 24.3. The Bertz CT molecular complexity index is 888. The summed E-state index contributed by atoms with van der Waals surface area (Å²) >= 11 is 0. The fourth-order valence-electron chi connectivity index (χ4n) is 4.93. The number of amides is 1. The van der Waals surface area contributed by atoms with E-state index >= 15 is 0 Å². The fraction of sp³-hybridized carbons (Fsp3) is 0.478. The lowest BCUT2D eigenvalue weighted by Crippen LogP contribution is -2.49. The average molecular weight is 393 g/mol. The number of aromatic nitrogens is 1. The van der Waals surface area contributed by atoms with Crippen molar-refractivity contribution in [1.82, 2.24) is 14.8 Å². The Kier molecular flexibility index (Phi) is 4.87. The zero-order valence-corrected chi connectivity index (χ0v) is 16.7. The van der Waals surface area contributed by atoms with Crippen LogP contribution in [0.15, 0.2) is 42.7 Å². The van der Waals surface area contributed by atoms with Crippen LogP contribution in [0.4, 0.5) is 0 Å². The predicted octanol–water partition coefficient (Wildman–Crippen LogP) is 2.87. The first-order valence-electron chi connectivity index (χ1n) is 10.5. The van der Waals surface area contributed by atoms with Gasteiger partial charge in [0, 0.05) is 38.6 Å². The molecule has 1 unspecified atom stereocenters. The van der Waals surface area contributed by atoms with E-state index in [4.69, 9.17) is 9.47 Å². The second kappa shape index (κ2) is 7.67. The second-order valence-corrected chi connectivity index (χ2v) is 8.41. The minimum absolute atomic E-state index is 0.228. The number of rotatable bonds is 4. The smallest absolute Gasteiger partial charge is 0.230 e. The third kappa shape index (κ3) is 3.69. The predicted molar refractivity (Wildman–Crippen MR) is 109 cm³/mol. The van der Waals surface area contributed by atoms with Crippen LogP contribution in [0.1, 0.15) is 30.4 Å². The number of likely N-dealkylation sites (tertiary alicyclic amines) is 2. The maximum atomic E-state index is 13.4. The third-order valence-electron chi connectivity index (χ3n) is 6.37. The van der Waals surface area contributed by atoms with Crippen molar-refractivity contribution in [2.45, 2.75) is 32.4 Å². The molecule has 152 valence electrons. The molecule has 2 saturated heterocycles. The number of carbonyl (C=O) groups is 1. The molecule has 2 aromatic rings. The van der Waals surface area contributed by atoms with Crippen molar-refractivity contribution in [3.05, 3.63) is 53.9 Å². The molecule has 1 aromatic carbocycles. The first-order valence-corrected chi connectivity index (χ1v) is 10.5. The van der Waals surface area contributed by atoms with Gasteiger partial charge in [0.05, 0.1) is 5.41 Å².